The first-order valence-corrected chi connectivity index (χ1v) is 8.27. The molecule has 0 saturated heterocycles. The maximum atomic E-state index is 12.2. The predicted octanol–water partition coefficient (Wildman–Crippen LogP) is 4.69. The van der Waals surface area contributed by atoms with Crippen molar-refractivity contribution in [2.75, 3.05) is 14.2 Å². The number of halogens is 1. The Morgan fingerprint density at radius 3 is 1.70 bits per heavy atom. The molecule has 0 aliphatic heterocycles. The zero-order valence-electron chi connectivity index (χ0n) is 14.9. The highest BCUT2D eigenvalue weighted by Gasteiger charge is 2.21. The molecule has 0 radical (unpaired) electrons. The summed E-state index contributed by atoms with van der Waals surface area (Å²) in [4.78, 5) is 23.8. The molecule has 23 heavy (non-hydrogen) atoms. The molecule has 0 aromatic heterocycles. The van der Waals surface area contributed by atoms with Gasteiger partial charge >= 0.3 is 11.9 Å². The minimum absolute atomic E-state index is 0.227. The number of carbonyl (C=O) groups excluding carboxylic acids is 2. The lowest BCUT2D eigenvalue weighted by atomic mass is 9.89. The van der Waals surface area contributed by atoms with Crippen LogP contribution in [0.4, 0.5) is 0 Å². The molecule has 0 spiro atoms. The maximum absolute atomic E-state index is 12.2. The summed E-state index contributed by atoms with van der Waals surface area (Å²) in [6, 6.07) is 0. The first kappa shape index (κ1) is 21.4. The second-order valence-corrected chi connectivity index (χ2v) is 5.28. The van der Waals surface area contributed by atoms with Gasteiger partial charge in [-0.05, 0) is 42.4 Å². The number of allylic oxidation sites excluding steroid dienone is 3. The lowest BCUT2D eigenvalue weighted by molar-refractivity contribution is -0.138. The Bertz CT molecular complexity index is 527. The molecule has 0 aromatic carbocycles. The third kappa shape index (κ3) is 5.87. The molecule has 0 N–H and O–H groups in total. The fourth-order valence-corrected chi connectivity index (χ4v) is 2.76. The molecule has 0 bridgehead atoms. The average Bonchev–Trinajstić information content (AvgIpc) is 2.58. The standard InChI is InChI=1S/C18H27ClO4/c1-7-12(14(9-3)16(19)10-4)13(8-2)15(18(21)23-6)11-17(20)22-5/h11H,7-10H2,1-6H3/b13-12-,15-11-,16-14-. The Labute approximate surface area is 144 Å². The van der Waals surface area contributed by atoms with Gasteiger partial charge in [0.05, 0.1) is 19.8 Å². The van der Waals surface area contributed by atoms with Crippen LogP contribution in [0.5, 0.6) is 0 Å². The summed E-state index contributed by atoms with van der Waals surface area (Å²) >= 11 is 6.38. The van der Waals surface area contributed by atoms with Crippen molar-refractivity contribution in [3.05, 3.63) is 33.4 Å². The quantitative estimate of drug-likeness (QED) is 0.365. The number of rotatable bonds is 8. The van der Waals surface area contributed by atoms with Gasteiger partial charge in [0, 0.05) is 11.1 Å². The summed E-state index contributed by atoms with van der Waals surface area (Å²) in [5.74, 6) is -1.14. The van der Waals surface area contributed by atoms with E-state index in [4.69, 9.17) is 16.3 Å². The van der Waals surface area contributed by atoms with Crippen LogP contribution in [0.3, 0.4) is 0 Å². The van der Waals surface area contributed by atoms with Crippen molar-refractivity contribution in [1.82, 2.24) is 0 Å². The Morgan fingerprint density at radius 2 is 1.35 bits per heavy atom. The van der Waals surface area contributed by atoms with E-state index < -0.39 is 11.9 Å². The monoisotopic (exact) mass is 342 g/mol. The van der Waals surface area contributed by atoms with E-state index in [1.807, 2.05) is 27.7 Å². The van der Waals surface area contributed by atoms with Crippen molar-refractivity contribution in [2.45, 2.75) is 53.4 Å². The van der Waals surface area contributed by atoms with Gasteiger partial charge in [-0.15, -0.1) is 0 Å². The number of ether oxygens (including phenoxy) is 2. The van der Waals surface area contributed by atoms with E-state index in [1.54, 1.807) is 0 Å². The van der Waals surface area contributed by atoms with Crippen LogP contribution in [0, 0.1) is 0 Å². The number of hydrogen-bond donors (Lipinski definition) is 0. The largest absolute Gasteiger partial charge is 0.466 e. The second-order valence-electron chi connectivity index (χ2n) is 4.83. The Balaban J connectivity index is 6.47. The predicted molar refractivity (Wildman–Crippen MR) is 93.2 cm³/mol. The van der Waals surface area contributed by atoms with Gasteiger partial charge in [0.1, 0.15) is 0 Å². The van der Waals surface area contributed by atoms with Crippen molar-refractivity contribution < 1.29 is 19.1 Å². The first-order chi connectivity index (χ1) is 10.9. The van der Waals surface area contributed by atoms with E-state index in [2.05, 4.69) is 4.74 Å². The Hall–Kier alpha value is -1.55. The molecule has 0 aliphatic rings. The van der Waals surface area contributed by atoms with Crippen LogP contribution in [-0.2, 0) is 19.1 Å². The fraction of sp³-hybridized carbons (Fsp3) is 0.556. The molecule has 0 aliphatic carbocycles. The summed E-state index contributed by atoms with van der Waals surface area (Å²) in [5, 5.41) is 0.776. The lowest BCUT2D eigenvalue weighted by Crippen LogP contribution is -2.12. The highest BCUT2D eigenvalue weighted by atomic mass is 35.5. The SMILES string of the molecule is CC/C(Cl)=C(CC)/C(CC)=C(CC)\C(=C\C(=O)OC)C(=O)OC. The third-order valence-corrected chi connectivity index (χ3v) is 4.12. The highest BCUT2D eigenvalue weighted by molar-refractivity contribution is 6.30. The van der Waals surface area contributed by atoms with Gasteiger partial charge in [-0.2, -0.15) is 0 Å². The molecule has 0 unspecified atom stereocenters. The van der Waals surface area contributed by atoms with Gasteiger partial charge in [-0.1, -0.05) is 39.3 Å². The van der Waals surface area contributed by atoms with E-state index in [0.29, 0.717) is 12.8 Å². The normalized spacial score (nSPS) is 14.0. The summed E-state index contributed by atoms with van der Waals surface area (Å²) < 4.78 is 9.49. The van der Waals surface area contributed by atoms with E-state index in [9.17, 15) is 9.59 Å². The van der Waals surface area contributed by atoms with Crippen molar-refractivity contribution >= 4 is 23.5 Å². The first-order valence-electron chi connectivity index (χ1n) is 7.89. The number of methoxy groups -OCH3 is 2. The lowest BCUT2D eigenvalue weighted by Gasteiger charge is -2.18. The molecule has 0 rings (SSSR count). The summed E-state index contributed by atoms with van der Waals surface area (Å²) in [6.45, 7) is 7.96. The Morgan fingerprint density at radius 1 is 0.826 bits per heavy atom. The minimum atomic E-state index is -0.588. The van der Waals surface area contributed by atoms with Crippen LogP contribution in [0.25, 0.3) is 0 Å². The Kier molecular flexibility index (Phi) is 10.3. The van der Waals surface area contributed by atoms with Crippen molar-refractivity contribution in [3.63, 3.8) is 0 Å². The van der Waals surface area contributed by atoms with Crippen LogP contribution in [0.15, 0.2) is 33.4 Å². The molecule has 0 fully saturated rings. The minimum Gasteiger partial charge on any atom is -0.466 e. The van der Waals surface area contributed by atoms with Crippen LogP contribution < -0.4 is 0 Å². The van der Waals surface area contributed by atoms with E-state index in [1.165, 1.54) is 20.3 Å². The summed E-state index contributed by atoms with van der Waals surface area (Å²) in [5.41, 5.74) is 3.01. The number of esters is 2. The number of hydrogen-bond acceptors (Lipinski definition) is 4. The highest BCUT2D eigenvalue weighted by Crippen LogP contribution is 2.32. The molecular weight excluding hydrogens is 316 g/mol. The molecule has 130 valence electrons. The van der Waals surface area contributed by atoms with Crippen LogP contribution in [0.1, 0.15) is 53.4 Å². The molecular formula is C18H27ClO4. The van der Waals surface area contributed by atoms with Crippen LogP contribution >= 0.6 is 11.6 Å². The molecule has 0 saturated carbocycles. The van der Waals surface area contributed by atoms with Gasteiger partial charge < -0.3 is 9.47 Å². The van der Waals surface area contributed by atoms with Gasteiger partial charge in [0.15, 0.2) is 0 Å². The molecule has 5 heteroatoms. The van der Waals surface area contributed by atoms with Gasteiger partial charge in [-0.25, -0.2) is 9.59 Å². The molecule has 0 heterocycles. The second kappa shape index (κ2) is 11.1. The van der Waals surface area contributed by atoms with Crippen molar-refractivity contribution in [3.8, 4) is 0 Å². The molecule has 0 atom stereocenters. The molecule has 0 aromatic rings. The van der Waals surface area contributed by atoms with E-state index in [-0.39, 0.29) is 5.57 Å². The van der Waals surface area contributed by atoms with Crippen LogP contribution in [0.2, 0.25) is 0 Å². The van der Waals surface area contributed by atoms with Gasteiger partial charge in [0.25, 0.3) is 0 Å². The number of carbonyl (C=O) groups is 2. The zero-order chi connectivity index (χ0) is 18.0. The van der Waals surface area contributed by atoms with Crippen LogP contribution in [-0.4, -0.2) is 26.2 Å². The van der Waals surface area contributed by atoms with Gasteiger partial charge in [-0.3, -0.25) is 0 Å². The van der Waals surface area contributed by atoms with Crippen molar-refractivity contribution in [2.24, 2.45) is 0 Å². The summed E-state index contributed by atoms with van der Waals surface area (Å²) in [6.07, 6.45) is 3.95. The zero-order valence-corrected chi connectivity index (χ0v) is 15.7. The van der Waals surface area contributed by atoms with E-state index in [0.717, 1.165) is 34.6 Å². The average molecular weight is 343 g/mol. The van der Waals surface area contributed by atoms with E-state index >= 15 is 0 Å². The molecule has 0 amide bonds. The third-order valence-electron chi connectivity index (χ3n) is 3.62. The fourth-order valence-electron chi connectivity index (χ4n) is 2.51. The molecule has 4 nitrogen and oxygen atoms in total. The van der Waals surface area contributed by atoms with Gasteiger partial charge in [0.2, 0.25) is 0 Å². The van der Waals surface area contributed by atoms with Crippen molar-refractivity contribution in [1.29, 1.82) is 0 Å². The smallest absolute Gasteiger partial charge is 0.338 e. The maximum Gasteiger partial charge on any atom is 0.338 e. The topological polar surface area (TPSA) is 52.6 Å². The summed E-state index contributed by atoms with van der Waals surface area (Å²) in [7, 11) is 2.57.